The van der Waals surface area contributed by atoms with Crippen LogP contribution >= 0.6 is 0 Å². The summed E-state index contributed by atoms with van der Waals surface area (Å²) in [6, 6.07) is -0.537. The summed E-state index contributed by atoms with van der Waals surface area (Å²) in [4.78, 5) is 24.6. The van der Waals surface area contributed by atoms with Crippen molar-refractivity contribution < 1.29 is 24.5 Å². The molecule has 6 nitrogen and oxygen atoms in total. The molecule has 0 aromatic heterocycles. The van der Waals surface area contributed by atoms with Crippen molar-refractivity contribution in [2.24, 2.45) is 0 Å². The summed E-state index contributed by atoms with van der Waals surface area (Å²) < 4.78 is 5.48. The predicted molar refractivity (Wildman–Crippen MR) is 384 cm³/mol. The highest BCUT2D eigenvalue weighted by Crippen LogP contribution is 2.20. The molecule has 0 aromatic carbocycles. The second kappa shape index (κ2) is 76.8. The molecule has 1 amide bonds. The standard InChI is InChI=1S/C81H157NO5/c1-3-5-7-9-11-13-15-17-18-19-43-46-50-53-57-61-65-69-73-79(84)78(77-83)82-80(85)74-70-66-62-58-54-51-47-44-41-39-37-35-33-31-29-27-25-23-21-20-22-24-26-28-30-32-34-36-38-40-42-45-48-52-56-60-64-68-72-76-87-81(86)75-71-67-63-59-55-49-16-14-12-10-8-6-4-2/h8,10,14,16,78-79,83-84H,3-7,9,11-13,15,17-77H2,1-2H3,(H,82,85)/b10-8-,16-14-. The molecule has 87 heavy (non-hydrogen) atoms. The smallest absolute Gasteiger partial charge is 0.305 e. The number of unbranched alkanes of at least 4 members (excludes halogenated alkanes) is 61. The van der Waals surface area contributed by atoms with Crippen LogP contribution in [0.4, 0.5) is 0 Å². The molecule has 0 radical (unpaired) electrons. The number of aliphatic hydroxyl groups excluding tert-OH is 2. The number of allylic oxidation sites excluding steroid dienone is 4. The summed E-state index contributed by atoms with van der Waals surface area (Å²) >= 11 is 0. The Hall–Kier alpha value is -1.66. The summed E-state index contributed by atoms with van der Waals surface area (Å²) in [7, 11) is 0. The van der Waals surface area contributed by atoms with Gasteiger partial charge in [0.25, 0.3) is 0 Å². The minimum absolute atomic E-state index is 0.00933. The molecule has 2 unspecified atom stereocenters. The molecule has 0 rings (SSSR count). The fourth-order valence-corrected chi connectivity index (χ4v) is 12.9. The van der Waals surface area contributed by atoms with Gasteiger partial charge in [0.15, 0.2) is 0 Å². The summed E-state index contributed by atoms with van der Waals surface area (Å²) in [6.07, 6.45) is 98.6. The average Bonchev–Trinajstić information content (AvgIpc) is 3.55. The lowest BCUT2D eigenvalue weighted by Crippen LogP contribution is -2.45. The first-order valence-electron chi connectivity index (χ1n) is 40.1. The van der Waals surface area contributed by atoms with Crippen molar-refractivity contribution in [2.45, 2.75) is 469 Å². The Balaban J connectivity index is 3.29. The van der Waals surface area contributed by atoms with Crippen LogP contribution in [0.1, 0.15) is 457 Å². The van der Waals surface area contributed by atoms with Crippen LogP contribution in [0.25, 0.3) is 0 Å². The summed E-state index contributed by atoms with van der Waals surface area (Å²) in [6.45, 7) is 4.93. The van der Waals surface area contributed by atoms with Crippen LogP contribution < -0.4 is 5.32 Å². The van der Waals surface area contributed by atoms with Crippen LogP contribution in [-0.4, -0.2) is 47.4 Å². The maximum Gasteiger partial charge on any atom is 0.305 e. The molecule has 0 fully saturated rings. The molecule has 0 aliphatic carbocycles. The van der Waals surface area contributed by atoms with E-state index in [1.165, 1.54) is 372 Å². The number of ether oxygens (including phenoxy) is 1. The number of hydrogen-bond acceptors (Lipinski definition) is 5. The third-order valence-electron chi connectivity index (χ3n) is 19.0. The topological polar surface area (TPSA) is 95.9 Å². The normalized spacial score (nSPS) is 12.6. The lowest BCUT2D eigenvalue weighted by Gasteiger charge is -2.22. The van der Waals surface area contributed by atoms with Crippen LogP contribution in [-0.2, 0) is 14.3 Å². The zero-order valence-corrected chi connectivity index (χ0v) is 59.3. The van der Waals surface area contributed by atoms with E-state index in [2.05, 4.69) is 43.5 Å². The highest BCUT2D eigenvalue weighted by Gasteiger charge is 2.20. The molecule has 0 heterocycles. The first-order valence-corrected chi connectivity index (χ1v) is 40.1. The first kappa shape index (κ1) is 85.3. The van der Waals surface area contributed by atoms with E-state index in [4.69, 9.17) is 4.74 Å². The molecule has 6 heteroatoms. The van der Waals surface area contributed by atoms with Gasteiger partial charge in [-0.15, -0.1) is 0 Å². The van der Waals surface area contributed by atoms with E-state index in [0.717, 1.165) is 51.4 Å². The molecule has 2 atom stereocenters. The summed E-state index contributed by atoms with van der Waals surface area (Å²) in [5.41, 5.74) is 0. The van der Waals surface area contributed by atoms with Crippen LogP contribution in [0, 0.1) is 0 Å². The molecule has 0 aromatic rings. The molecule has 3 N–H and O–H groups in total. The van der Waals surface area contributed by atoms with Gasteiger partial charge < -0.3 is 20.3 Å². The zero-order valence-electron chi connectivity index (χ0n) is 59.3. The molecular weight excluding hydrogens is 1070 g/mol. The van der Waals surface area contributed by atoms with Gasteiger partial charge in [0.2, 0.25) is 5.91 Å². The lowest BCUT2D eigenvalue weighted by atomic mass is 10.0. The van der Waals surface area contributed by atoms with Crippen LogP contribution in [0.5, 0.6) is 0 Å². The second-order valence-corrected chi connectivity index (χ2v) is 27.8. The Bertz CT molecular complexity index is 1360. The van der Waals surface area contributed by atoms with Crippen molar-refractivity contribution in [3.63, 3.8) is 0 Å². The number of aliphatic hydroxyl groups is 2. The number of esters is 1. The maximum absolute atomic E-state index is 12.5. The van der Waals surface area contributed by atoms with E-state index in [0.29, 0.717) is 25.9 Å². The fourth-order valence-electron chi connectivity index (χ4n) is 12.9. The second-order valence-electron chi connectivity index (χ2n) is 27.8. The number of hydrogen-bond donors (Lipinski definition) is 3. The Morgan fingerprint density at radius 3 is 0.920 bits per heavy atom. The minimum atomic E-state index is -0.660. The van der Waals surface area contributed by atoms with Crippen molar-refractivity contribution in [2.75, 3.05) is 13.2 Å². The van der Waals surface area contributed by atoms with Gasteiger partial charge in [0.05, 0.1) is 25.4 Å². The van der Waals surface area contributed by atoms with Gasteiger partial charge >= 0.3 is 5.97 Å². The zero-order chi connectivity index (χ0) is 62.8. The van der Waals surface area contributed by atoms with Crippen LogP contribution in [0.2, 0.25) is 0 Å². The van der Waals surface area contributed by atoms with Crippen molar-refractivity contribution in [1.82, 2.24) is 5.32 Å². The Morgan fingerprint density at radius 2 is 0.598 bits per heavy atom. The third kappa shape index (κ3) is 73.3. The van der Waals surface area contributed by atoms with E-state index in [1.807, 2.05) is 0 Å². The van der Waals surface area contributed by atoms with E-state index in [1.54, 1.807) is 0 Å². The molecule has 0 saturated heterocycles. The van der Waals surface area contributed by atoms with Crippen LogP contribution in [0.15, 0.2) is 24.3 Å². The number of rotatable bonds is 76. The van der Waals surface area contributed by atoms with Crippen molar-refractivity contribution in [3.05, 3.63) is 24.3 Å². The van der Waals surface area contributed by atoms with Gasteiger partial charge in [0, 0.05) is 12.8 Å². The average molecular weight is 1230 g/mol. The van der Waals surface area contributed by atoms with Gasteiger partial charge in [-0.3, -0.25) is 9.59 Å². The number of nitrogens with one attached hydrogen (secondary N) is 1. The van der Waals surface area contributed by atoms with Gasteiger partial charge in [-0.2, -0.15) is 0 Å². The number of carbonyl (C=O) groups excluding carboxylic acids is 2. The molecule has 0 aliphatic rings. The van der Waals surface area contributed by atoms with E-state index in [-0.39, 0.29) is 18.5 Å². The highest BCUT2D eigenvalue weighted by atomic mass is 16.5. The van der Waals surface area contributed by atoms with Gasteiger partial charge in [-0.05, 0) is 51.4 Å². The van der Waals surface area contributed by atoms with Gasteiger partial charge in [-0.25, -0.2) is 0 Å². The molecule has 0 saturated carbocycles. The molecule has 0 bridgehead atoms. The molecule has 516 valence electrons. The lowest BCUT2D eigenvalue weighted by molar-refractivity contribution is -0.143. The largest absolute Gasteiger partial charge is 0.466 e. The van der Waals surface area contributed by atoms with E-state index in [9.17, 15) is 19.8 Å². The van der Waals surface area contributed by atoms with Crippen molar-refractivity contribution in [3.8, 4) is 0 Å². The highest BCUT2D eigenvalue weighted by molar-refractivity contribution is 5.76. The monoisotopic (exact) mass is 1220 g/mol. The quantitative estimate of drug-likeness (QED) is 0.0320. The summed E-state index contributed by atoms with van der Waals surface area (Å²) in [5, 5.41) is 23.4. The van der Waals surface area contributed by atoms with E-state index >= 15 is 0 Å². The van der Waals surface area contributed by atoms with Crippen molar-refractivity contribution >= 4 is 11.9 Å². The molecule has 0 aliphatic heterocycles. The SMILES string of the molecule is CCC/C=C\C/C=C\CCCCCCCC(=O)OCCCCCCCCCCCCCCCCCCCCCCCCCCCCCCCCCCCCCCCCCC(=O)NC(CO)C(O)CCCCCCCCCCCCCCCCCCCC. The van der Waals surface area contributed by atoms with Crippen LogP contribution in [0.3, 0.4) is 0 Å². The number of amides is 1. The van der Waals surface area contributed by atoms with Crippen molar-refractivity contribution in [1.29, 1.82) is 0 Å². The Morgan fingerprint density at radius 1 is 0.322 bits per heavy atom. The summed E-state index contributed by atoms with van der Waals surface area (Å²) in [5.74, 6) is -0.0148. The predicted octanol–water partition coefficient (Wildman–Crippen LogP) is 26.4. The van der Waals surface area contributed by atoms with Gasteiger partial charge in [-0.1, -0.05) is 417 Å². The molecule has 0 spiro atoms. The molecular formula is C81H157NO5. The third-order valence-corrected chi connectivity index (χ3v) is 19.0. The maximum atomic E-state index is 12.5. The number of carbonyl (C=O) groups is 2. The minimum Gasteiger partial charge on any atom is -0.466 e. The fraction of sp³-hybridized carbons (Fsp3) is 0.926. The Labute approximate surface area is 545 Å². The van der Waals surface area contributed by atoms with E-state index < -0.39 is 12.1 Å². The van der Waals surface area contributed by atoms with Gasteiger partial charge in [0.1, 0.15) is 0 Å². The first-order chi connectivity index (χ1) is 43.0. The Kier molecular flexibility index (Phi) is 75.3.